The van der Waals surface area contributed by atoms with E-state index in [4.69, 9.17) is 30.8 Å². The fourth-order valence-corrected chi connectivity index (χ4v) is 6.78. The van der Waals surface area contributed by atoms with Crippen molar-refractivity contribution in [3.05, 3.63) is 45.9 Å². The van der Waals surface area contributed by atoms with Crippen LogP contribution in [0.3, 0.4) is 0 Å². The molecule has 0 spiro atoms. The van der Waals surface area contributed by atoms with Crippen LogP contribution in [0.5, 0.6) is 17.2 Å². The largest absolute Gasteiger partial charge is 0.493 e. The number of fused-ring (bicyclic) bond motifs is 3. The standard InChI is InChI=1S/C26H30ClN3O4S/c1-32-21-10-15(11-22(33-2)24(21)34-3)26(31)28-16-12-17-6-4-7-18(13-16)30(17)14-23-29-20-9-5-8-19(27)25(20)35-23/h5,8-11,16-18H,4,6-7,12-14H2,1-3H3,(H,28,31)/t16?,17-,18+. The van der Waals surface area contributed by atoms with Crippen molar-refractivity contribution in [2.45, 2.75) is 56.8 Å². The molecule has 0 radical (unpaired) electrons. The number of hydrogen-bond donors (Lipinski definition) is 1. The third kappa shape index (κ3) is 4.79. The van der Waals surface area contributed by atoms with Gasteiger partial charge in [0.2, 0.25) is 5.75 Å². The van der Waals surface area contributed by atoms with Gasteiger partial charge < -0.3 is 19.5 Å². The molecule has 7 nitrogen and oxygen atoms in total. The number of rotatable bonds is 7. The molecule has 2 fully saturated rings. The summed E-state index contributed by atoms with van der Waals surface area (Å²) in [5.74, 6) is 1.30. The lowest BCUT2D eigenvalue weighted by molar-refractivity contribution is 0.0177. The van der Waals surface area contributed by atoms with Crippen molar-refractivity contribution in [2.24, 2.45) is 0 Å². The highest BCUT2D eigenvalue weighted by Gasteiger charge is 2.39. The zero-order valence-corrected chi connectivity index (χ0v) is 21.7. The maximum absolute atomic E-state index is 13.2. The Bertz CT molecular complexity index is 1190. The molecule has 35 heavy (non-hydrogen) atoms. The first kappa shape index (κ1) is 24.2. The zero-order chi connectivity index (χ0) is 24.5. The van der Waals surface area contributed by atoms with Crippen LogP contribution in [0.2, 0.25) is 5.02 Å². The average Bonchev–Trinajstić information content (AvgIpc) is 3.27. The molecule has 2 aliphatic rings. The van der Waals surface area contributed by atoms with Gasteiger partial charge in [0, 0.05) is 23.7 Å². The molecule has 1 aromatic heterocycles. The van der Waals surface area contributed by atoms with E-state index in [1.54, 1.807) is 44.8 Å². The van der Waals surface area contributed by atoms with Crippen LogP contribution in [-0.2, 0) is 6.54 Å². The van der Waals surface area contributed by atoms with Gasteiger partial charge in [-0.1, -0.05) is 24.1 Å². The number of nitrogens with one attached hydrogen (secondary N) is 1. The molecule has 0 aliphatic carbocycles. The van der Waals surface area contributed by atoms with E-state index >= 15 is 0 Å². The first-order chi connectivity index (χ1) is 17.0. The SMILES string of the molecule is COc1cc(C(=O)NC2C[C@H]3CCC[C@@H](C2)N3Cc2nc3cccc(Cl)c3s2)cc(OC)c1OC. The summed E-state index contributed by atoms with van der Waals surface area (Å²) in [6, 6.07) is 10.3. The van der Waals surface area contributed by atoms with E-state index in [9.17, 15) is 4.79 Å². The maximum atomic E-state index is 13.2. The zero-order valence-electron chi connectivity index (χ0n) is 20.2. The molecular weight excluding hydrogens is 486 g/mol. The number of halogens is 1. The highest BCUT2D eigenvalue weighted by molar-refractivity contribution is 7.19. The molecule has 5 rings (SSSR count). The summed E-state index contributed by atoms with van der Waals surface area (Å²) in [5, 5.41) is 5.13. The van der Waals surface area contributed by atoms with Crippen LogP contribution >= 0.6 is 22.9 Å². The summed E-state index contributed by atoms with van der Waals surface area (Å²) in [6.45, 7) is 0.832. The van der Waals surface area contributed by atoms with Crippen LogP contribution in [0.4, 0.5) is 0 Å². The molecule has 2 aromatic carbocycles. The van der Waals surface area contributed by atoms with Gasteiger partial charge in [-0.15, -0.1) is 11.3 Å². The predicted molar refractivity (Wildman–Crippen MR) is 138 cm³/mol. The van der Waals surface area contributed by atoms with E-state index in [0.717, 1.165) is 52.5 Å². The second-order valence-electron chi connectivity index (χ2n) is 9.16. The van der Waals surface area contributed by atoms with Crippen molar-refractivity contribution < 1.29 is 19.0 Å². The minimum absolute atomic E-state index is 0.123. The van der Waals surface area contributed by atoms with Crippen LogP contribution in [-0.4, -0.2) is 55.2 Å². The smallest absolute Gasteiger partial charge is 0.251 e. The minimum atomic E-state index is -0.124. The number of methoxy groups -OCH3 is 3. The van der Waals surface area contributed by atoms with Gasteiger partial charge in [-0.2, -0.15) is 0 Å². The van der Waals surface area contributed by atoms with Crippen LogP contribution in [0, 0.1) is 0 Å². The summed E-state index contributed by atoms with van der Waals surface area (Å²) in [4.78, 5) is 20.6. The monoisotopic (exact) mass is 515 g/mol. The lowest BCUT2D eigenvalue weighted by Crippen LogP contribution is -2.56. The third-order valence-corrected chi connectivity index (χ3v) is 8.63. The van der Waals surface area contributed by atoms with Crippen LogP contribution < -0.4 is 19.5 Å². The number of nitrogens with zero attached hydrogens (tertiary/aromatic N) is 2. The quantitative estimate of drug-likeness (QED) is 0.461. The Morgan fingerprint density at radius 1 is 1.11 bits per heavy atom. The van der Waals surface area contributed by atoms with Crippen molar-refractivity contribution in [1.29, 1.82) is 0 Å². The second kappa shape index (κ2) is 10.2. The number of piperidine rings is 2. The number of ether oxygens (including phenoxy) is 3. The minimum Gasteiger partial charge on any atom is -0.493 e. The molecule has 3 atom stereocenters. The van der Waals surface area contributed by atoms with E-state index in [-0.39, 0.29) is 11.9 Å². The van der Waals surface area contributed by atoms with Gasteiger partial charge in [-0.25, -0.2) is 4.98 Å². The van der Waals surface area contributed by atoms with Crippen molar-refractivity contribution in [3.8, 4) is 17.2 Å². The van der Waals surface area contributed by atoms with Crippen molar-refractivity contribution in [2.75, 3.05) is 21.3 Å². The Balaban J connectivity index is 1.29. The number of benzene rings is 2. The average molecular weight is 516 g/mol. The summed E-state index contributed by atoms with van der Waals surface area (Å²) < 4.78 is 17.3. The third-order valence-electron chi connectivity index (χ3n) is 7.12. The maximum Gasteiger partial charge on any atom is 0.251 e. The van der Waals surface area contributed by atoms with E-state index < -0.39 is 0 Å². The van der Waals surface area contributed by atoms with E-state index in [1.165, 1.54) is 6.42 Å². The molecule has 1 unspecified atom stereocenters. The Labute approximate surface area is 214 Å². The highest BCUT2D eigenvalue weighted by atomic mass is 35.5. The molecular formula is C26H30ClN3O4S. The lowest BCUT2D eigenvalue weighted by Gasteiger charge is -2.48. The number of carbonyl (C=O) groups excluding carboxylic acids is 1. The van der Waals surface area contributed by atoms with Gasteiger partial charge in [0.1, 0.15) is 5.01 Å². The summed E-state index contributed by atoms with van der Waals surface area (Å²) in [7, 11) is 4.65. The predicted octanol–water partition coefficient (Wildman–Crippen LogP) is 5.29. The number of hydrogen-bond acceptors (Lipinski definition) is 7. The number of carbonyl (C=O) groups is 1. The normalized spacial score (nSPS) is 22.1. The Kier molecular flexibility index (Phi) is 7.05. The topological polar surface area (TPSA) is 72.9 Å². The molecule has 9 heteroatoms. The molecule has 3 aromatic rings. The molecule has 186 valence electrons. The van der Waals surface area contributed by atoms with E-state index in [1.807, 2.05) is 18.2 Å². The van der Waals surface area contributed by atoms with E-state index in [0.29, 0.717) is 34.9 Å². The number of thiazole rings is 1. The van der Waals surface area contributed by atoms with Gasteiger partial charge >= 0.3 is 0 Å². The Morgan fingerprint density at radius 3 is 2.40 bits per heavy atom. The van der Waals surface area contributed by atoms with Crippen LogP contribution in [0.25, 0.3) is 10.2 Å². The lowest BCUT2D eigenvalue weighted by atomic mass is 9.81. The molecule has 3 heterocycles. The van der Waals surface area contributed by atoms with Crippen molar-refractivity contribution in [1.82, 2.24) is 15.2 Å². The van der Waals surface area contributed by atoms with Crippen molar-refractivity contribution in [3.63, 3.8) is 0 Å². The van der Waals surface area contributed by atoms with Crippen LogP contribution in [0.15, 0.2) is 30.3 Å². The first-order valence-corrected chi connectivity index (χ1v) is 13.1. The summed E-state index contributed by atoms with van der Waals surface area (Å²) >= 11 is 8.06. The van der Waals surface area contributed by atoms with Gasteiger partial charge in [-0.05, 0) is 49.9 Å². The Morgan fingerprint density at radius 2 is 1.80 bits per heavy atom. The van der Waals surface area contributed by atoms with Crippen LogP contribution in [0.1, 0.15) is 47.5 Å². The van der Waals surface area contributed by atoms with Gasteiger partial charge in [0.25, 0.3) is 5.91 Å². The molecule has 1 amide bonds. The molecule has 2 aliphatic heterocycles. The summed E-state index contributed by atoms with van der Waals surface area (Å²) in [6.07, 6.45) is 5.36. The number of amides is 1. The van der Waals surface area contributed by atoms with E-state index in [2.05, 4.69) is 10.2 Å². The highest BCUT2D eigenvalue weighted by Crippen LogP contribution is 2.39. The molecule has 2 saturated heterocycles. The van der Waals surface area contributed by atoms with Gasteiger partial charge in [-0.3, -0.25) is 9.69 Å². The molecule has 2 bridgehead atoms. The second-order valence-corrected chi connectivity index (χ2v) is 10.7. The van der Waals surface area contributed by atoms with Gasteiger partial charge in [0.15, 0.2) is 11.5 Å². The fraction of sp³-hybridized carbons (Fsp3) is 0.462. The van der Waals surface area contributed by atoms with Crippen molar-refractivity contribution >= 4 is 39.1 Å². The summed E-state index contributed by atoms with van der Waals surface area (Å²) in [5.41, 5.74) is 1.47. The van der Waals surface area contributed by atoms with Gasteiger partial charge in [0.05, 0.1) is 43.1 Å². The first-order valence-electron chi connectivity index (χ1n) is 11.9. The molecule has 1 N–H and O–H groups in total. The molecule has 0 saturated carbocycles. The Hall–Kier alpha value is -2.55. The fourth-order valence-electron chi connectivity index (χ4n) is 5.52. The number of aromatic nitrogens is 1.